The Morgan fingerprint density at radius 3 is 2.94 bits per heavy atom. The molecule has 2 fully saturated rings. The zero-order valence-corrected chi connectivity index (χ0v) is 11.9. The average Bonchev–Trinajstić information content (AvgIpc) is 2.76. The zero-order valence-electron chi connectivity index (χ0n) is 11.9. The van der Waals surface area contributed by atoms with Gasteiger partial charge in [-0.2, -0.15) is 0 Å². The molecule has 0 radical (unpaired) electrons. The third kappa shape index (κ3) is 3.67. The van der Waals surface area contributed by atoms with Gasteiger partial charge in [0.05, 0.1) is 6.61 Å². The predicted molar refractivity (Wildman–Crippen MR) is 72.9 cm³/mol. The molecule has 4 heteroatoms. The second-order valence-electron chi connectivity index (χ2n) is 5.63. The fourth-order valence-corrected chi connectivity index (χ4v) is 2.97. The molecule has 2 atom stereocenters. The van der Waals surface area contributed by atoms with Crippen molar-refractivity contribution in [2.45, 2.75) is 44.2 Å². The standard InChI is InChI=1S/C14H28N2O2/c1-3-16-8-4-5-13(6-9-16)15-11-14(17-2)7-10-18-12-14/h13,15H,3-12H2,1-2H3. The molecular formula is C14H28N2O2. The van der Waals surface area contributed by atoms with Gasteiger partial charge in [-0.25, -0.2) is 0 Å². The van der Waals surface area contributed by atoms with E-state index in [0.717, 1.165) is 26.2 Å². The van der Waals surface area contributed by atoms with Crippen LogP contribution in [0.25, 0.3) is 0 Å². The molecule has 2 saturated heterocycles. The molecule has 106 valence electrons. The van der Waals surface area contributed by atoms with Crippen LogP contribution in [-0.4, -0.2) is 63.0 Å². The number of hydrogen-bond donors (Lipinski definition) is 1. The monoisotopic (exact) mass is 256 g/mol. The van der Waals surface area contributed by atoms with Crippen molar-refractivity contribution in [3.8, 4) is 0 Å². The first-order valence-electron chi connectivity index (χ1n) is 7.36. The smallest absolute Gasteiger partial charge is 0.106 e. The summed E-state index contributed by atoms with van der Waals surface area (Å²) in [5.74, 6) is 0. The maximum absolute atomic E-state index is 5.67. The molecule has 2 unspecified atom stereocenters. The van der Waals surface area contributed by atoms with Crippen molar-refractivity contribution in [1.82, 2.24) is 10.2 Å². The minimum Gasteiger partial charge on any atom is -0.378 e. The van der Waals surface area contributed by atoms with Crippen LogP contribution in [0.3, 0.4) is 0 Å². The summed E-state index contributed by atoms with van der Waals surface area (Å²) >= 11 is 0. The van der Waals surface area contributed by atoms with E-state index in [-0.39, 0.29) is 5.60 Å². The number of nitrogens with one attached hydrogen (secondary N) is 1. The van der Waals surface area contributed by atoms with Gasteiger partial charge in [0.2, 0.25) is 0 Å². The minimum atomic E-state index is -0.0727. The maximum Gasteiger partial charge on any atom is 0.106 e. The van der Waals surface area contributed by atoms with Crippen molar-refractivity contribution < 1.29 is 9.47 Å². The SMILES string of the molecule is CCN1CCCC(NCC2(OC)CCOC2)CC1. The normalized spacial score (nSPS) is 34.7. The van der Waals surface area contributed by atoms with Crippen LogP contribution in [0.15, 0.2) is 0 Å². The minimum absolute atomic E-state index is 0.0727. The topological polar surface area (TPSA) is 33.7 Å². The van der Waals surface area contributed by atoms with Gasteiger partial charge in [0.15, 0.2) is 0 Å². The third-order valence-electron chi connectivity index (χ3n) is 4.48. The fourth-order valence-electron chi connectivity index (χ4n) is 2.97. The first-order chi connectivity index (χ1) is 8.78. The number of methoxy groups -OCH3 is 1. The summed E-state index contributed by atoms with van der Waals surface area (Å²) in [6.07, 6.45) is 4.87. The highest BCUT2D eigenvalue weighted by atomic mass is 16.5. The van der Waals surface area contributed by atoms with E-state index in [4.69, 9.17) is 9.47 Å². The highest BCUT2D eigenvalue weighted by Gasteiger charge is 2.35. The zero-order chi connectivity index (χ0) is 12.8. The number of likely N-dealkylation sites (tertiary alicyclic amines) is 1. The maximum atomic E-state index is 5.67. The summed E-state index contributed by atoms with van der Waals surface area (Å²) in [4.78, 5) is 2.55. The lowest BCUT2D eigenvalue weighted by molar-refractivity contribution is -0.0177. The Hall–Kier alpha value is -0.160. The third-order valence-corrected chi connectivity index (χ3v) is 4.48. The Labute approximate surface area is 111 Å². The first-order valence-corrected chi connectivity index (χ1v) is 7.36. The van der Waals surface area contributed by atoms with E-state index < -0.39 is 0 Å². The number of nitrogens with zero attached hydrogens (tertiary/aromatic N) is 1. The lowest BCUT2D eigenvalue weighted by Gasteiger charge is -2.28. The van der Waals surface area contributed by atoms with Gasteiger partial charge in [0, 0.05) is 32.7 Å². The molecule has 0 saturated carbocycles. The van der Waals surface area contributed by atoms with Crippen LogP contribution in [0.4, 0.5) is 0 Å². The molecule has 2 rings (SSSR count). The molecule has 0 amide bonds. The van der Waals surface area contributed by atoms with E-state index in [1.54, 1.807) is 0 Å². The van der Waals surface area contributed by atoms with Gasteiger partial charge in [-0.3, -0.25) is 0 Å². The molecule has 0 aromatic rings. The van der Waals surface area contributed by atoms with Gasteiger partial charge in [-0.1, -0.05) is 6.92 Å². The summed E-state index contributed by atoms with van der Waals surface area (Å²) in [7, 11) is 1.81. The summed E-state index contributed by atoms with van der Waals surface area (Å²) in [6, 6.07) is 0.647. The van der Waals surface area contributed by atoms with Crippen molar-refractivity contribution in [3.63, 3.8) is 0 Å². The molecule has 0 aliphatic carbocycles. The van der Waals surface area contributed by atoms with Crippen LogP contribution in [0.2, 0.25) is 0 Å². The summed E-state index contributed by atoms with van der Waals surface area (Å²) in [5.41, 5.74) is -0.0727. The summed E-state index contributed by atoms with van der Waals surface area (Å²) in [5, 5.41) is 3.71. The Balaban J connectivity index is 1.75. The lowest BCUT2D eigenvalue weighted by atomic mass is 10.0. The van der Waals surface area contributed by atoms with E-state index in [0.29, 0.717) is 6.04 Å². The van der Waals surface area contributed by atoms with Crippen molar-refractivity contribution in [1.29, 1.82) is 0 Å². The molecule has 2 aliphatic heterocycles. The highest BCUT2D eigenvalue weighted by Crippen LogP contribution is 2.22. The summed E-state index contributed by atoms with van der Waals surface area (Å²) < 4.78 is 11.1. The van der Waals surface area contributed by atoms with Crippen molar-refractivity contribution >= 4 is 0 Å². The molecule has 0 spiro atoms. The van der Waals surface area contributed by atoms with E-state index in [9.17, 15) is 0 Å². The van der Waals surface area contributed by atoms with Gasteiger partial charge in [0.25, 0.3) is 0 Å². The van der Waals surface area contributed by atoms with E-state index in [1.807, 2.05) is 7.11 Å². The second kappa shape index (κ2) is 6.85. The average molecular weight is 256 g/mol. The van der Waals surface area contributed by atoms with Gasteiger partial charge in [-0.05, 0) is 38.9 Å². The van der Waals surface area contributed by atoms with Crippen LogP contribution in [0.1, 0.15) is 32.6 Å². The van der Waals surface area contributed by atoms with Crippen molar-refractivity contribution in [2.75, 3.05) is 46.5 Å². The quantitative estimate of drug-likeness (QED) is 0.803. The van der Waals surface area contributed by atoms with Gasteiger partial charge in [-0.15, -0.1) is 0 Å². The highest BCUT2D eigenvalue weighted by molar-refractivity contribution is 4.88. The van der Waals surface area contributed by atoms with Gasteiger partial charge >= 0.3 is 0 Å². The molecule has 4 nitrogen and oxygen atoms in total. The fraction of sp³-hybridized carbons (Fsp3) is 1.00. The number of ether oxygens (including phenoxy) is 2. The van der Waals surface area contributed by atoms with Gasteiger partial charge < -0.3 is 19.7 Å². The number of rotatable bonds is 5. The van der Waals surface area contributed by atoms with Crippen LogP contribution >= 0.6 is 0 Å². The molecule has 1 N–H and O–H groups in total. The largest absolute Gasteiger partial charge is 0.378 e. The van der Waals surface area contributed by atoms with Gasteiger partial charge in [0.1, 0.15) is 5.60 Å². The molecule has 0 aromatic carbocycles. The molecule has 0 bridgehead atoms. The van der Waals surface area contributed by atoms with Crippen LogP contribution < -0.4 is 5.32 Å². The molecule has 0 aromatic heterocycles. The van der Waals surface area contributed by atoms with E-state index in [1.165, 1.54) is 38.9 Å². The Morgan fingerprint density at radius 1 is 1.39 bits per heavy atom. The van der Waals surface area contributed by atoms with Crippen LogP contribution in [0, 0.1) is 0 Å². The second-order valence-corrected chi connectivity index (χ2v) is 5.63. The van der Waals surface area contributed by atoms with E-state index in [2.05, 4.69) is 17.1 Å². The lowest BCUT2D eigenvalue weighted by Crippen LogP contribution is -2.46. The molecule has 18 heavy (non-hydrogen) atoms. The predicted octanol–water partition coefficient (Wildman–Crippen LogP) is 1.26. The first kappa shape index (κ1) is 14.3. The number of hydrogen-bond acceptors (Lipinski definition) is 4. The van der Waals surface area contributed by atoms with Crippen molar-refractivity contribution in [2.24, 2.45) is 0 Å². The van der Waals surface area contributed by atoms with Crippen LogP contribution in [0.5, 0.6) is 0 Å². The van der Waals surface area contributed by atoms with Crippen LogP contribution in [-0.2, 0) is 9.47 Å². The van der Waals surface area contributed by atoms with E-state index >= 15 is 0 Å². The molecule has 2 aliphatic rings. The summed E-state index contributed by atoms with van der Waals surface area (Å²) in [6.45, 7) is 8.43. The molecule has 2 heterocycles. The Bertz CT molecular complexity index is 242. The van der Waals surface area contributed by atoms with Crippen molar-refractivity contribution in [3.05, 3.63) is 0 Å². The Morgan fingerprint density at radius 2 is 2.28 bits per heavy atom. The Kier molecular flexibility index (Phi) is 5.42. The molecular weight excluding hydrogens is 228 g/mol.